The van der Waals surface area contributed by atoms with Crippen LogP contribution in [0.1, 0.15) is 41.7 Å². The second kappa shape index (κ2) is 18.5. The number of aryl methyl sites for hydroxylation is 2. The summed E-state index contributed by atoms with van der Waals surface area (Å²) in [6.07, 6.45) is 13.3. The van der Waals surface area contributed by atoms with Crippen molar-refractivity contribution in [2.75, 3.05) is 0 Å². The van der Waals surface area contributed by atoms with Gasteiger partial charge in [0.05, 0.1) is 11.0 Å². The number of benzene rings is 10. The molecule has 0 amide bonds. The van der Waals surface area contributed by atoms with E-state index in [4.69, 9.17) is 0 Å². The zero-order valence-corrected chi connectivity index (χ0v) is 41.1. The number of hydrogen-bond acceptors (Lipinski definition) is 0. The molecule has 348 valence electrons. The fourth-order valence-electron chi connectivity index (χ4n) is 11.2. The molecule has 0 aliphatic heterocycles. The lowest BCUT2D eigenvalue weighted by Gasteiger charge is -2.12. The minimum absolute atomic E-state index is 0.933. The first kappa shape index (κ1) is 43.8. The average Bonchev–Trinajstić information content (AvgIpc) is 4.08. The van der Waals surface area contributed by atoms with Gasteiger partial charge in [-0.1, -0.05) is 194 Å². The number of hydrogen-bond donors (Lipinski definition) is 0. The topological polar surface area (TPSA) is 14.8 Å². The van der Waals surface area contributed by atoms with Gasteiger partial charge in [-0.25, -0.2) is 0 Å². The van der Waals surface area contributed by atoms with E-state index in [0.717, 1.165) is 29.8 Å². The summed E-state index contributed by atoms with van der Waals surface area (Å²) in [4.78, 5) is 0. The van der Waals surface area contributed by atoms with E-state index in [9.17, 15) is 0 Å². The average molecular weight is 936 g/mol. The highest BCUT2D eigenvalue weighted by atomic mass is 15.0. The molecule has 73 heavy (non-hydrogen) atoms. The smallest absolute Gasteiger partial charge is 0.0534 e. The molecule has 0 unspecified atom stereocenters. The Balaban J connectivity index is 0.810. The molecule has 0 atom stereocenters. The standard InChI is InChI=1S/C70H53N3/c1-3-71-65-17-9-5-15-61(65)63-39-31-51(43-69(63)71)23-21-48-25-33-53(34-26-48)56-45-57(54-35-27-49(28-36-54)22-24-52-32-40-64-62-16-6-10-18-66(62)72(4-2)70(64)44-52)47-58(46-56)55-37-29-50(30-38-55)41-42-73-67-19-11-7-13-59(67)60-14-8-12-20-68(60)73/h5-47H,3-4H2,1-2H3/b23-21+,24-22+,42-41-. The van der Waals surface area contributed by atoms with Crippen molar-refractivity contribution in [3.8, 4) is 33.4 Å². The summed E-state index contributed by atoms with van der Waals surface area (Å²) >= 11 is 0. The van der Waals surface area contributed by atoms with E-state index in [2.05, 4.69) is 289 Å². The summed E-state index contributed by atoms with van der Waals surface area (Å²) in [5.74, 6) is 0. The van der Waals surface area contributed by atoms with Crippen molar-refractivity contribution in [1.82, 2.24) is 13.7 Å². The number of fused-ring (bicyclic) bond motifs is 9. The Morgan fingerprint density at radius 3 is 0.945 bits per heavy atom. The Morgan fingerprint density at radius 1 is 0.260 bits per heavy atom. The SMILES string of the molecule is CCn1c2ccccc2c2ccc(/C=C/c3ccc(-c4cc(-c5ccc(/C=C\n6c7ccccc7c7ccccc76)cc5)cc(-c5ccc(/C=C/c6ccc7c8ccccc8n(CC)c7c6)cc5)c4)cc3)cc21. The Morgan fingerprint density at radius 2 is 0.562 bits per heavy atom. The lowest BCUT2D eigenvalue weighted by molar-refractivity contribution is 0.827. The van der Waals surface area contributed by atoms with E-state index in [1.54, 1.807) is 0 Å². The van der Waals surface area contributed by atoms with Gasteiger partial charge in [-0.3, -0.25) is 0 Å². The number of para-hydroxylation sites is 4. The summed E-state index contributed by atoms with van der Waals surface area (Å²) in [6, 6.07) is 82.3. The Labute approximate surface area is 426 Å². The molecule has 3 aromatic heterocycles. The van der Waals surface area contributed by atoms with Crippen LogP contribution in [0.25, 0.3) is 135 Å². The van der Waals surface area contributed by atoms with Gasteiger partial charge in [-0.05, 0) is 136 Å². The second-order valence-electron chi connectivity index (χ2n) is 19.1. The molecule has 0 saturated heterocycles. The van der Waals surface area contributed by atoms with Gasteiger partial charge in [0, 0.05) is 73.7 Å². The zero-order valence-electron chi connectivity index (χ0n) is 41.1. The van der Waals surface area contributed by atoms with Gasteiger partial charge in [-0.2, -0.15) is 0 Å². The maximum absolute atomic E-state index is 2.42. The van der Waals surface area contributed by atoms with Crippen LogP contribution in [0.4, 0.5) is 0 Å². The molecule has 0 N–H and O–H groups in total. The highest BCUT2D eigenvalue weighted by molar-refractivity contribution is 6.11. The molecule has 0 bridgehead atoms. The van der Waals surface area contributed by atoms with Crippen LogP contribution in [0, 0.1) is 0 Å². The van der Waals surface area contributed by atoms with Crippen molar-refractivity contribution < 1.29 is 0 Å². The van der Waals surface area contributed by atoms with Crippen LogP contribution in [0.3, 0.4) is 0 Å². The van der Waals surface area contributed by atoms with Gasteiger partial charge in [0.2, 0.25) is 0 Å². The fraction of sp³-hybridized carbons (Fsp3) is 0.0571. The van der Waals surface area contributed by atoms with E-state index >= 15 is 0 Å². The molecular weight excluding hydrogens is 883 g/mol. The van der Waals surface area contributed by atoms with Gasteiger partial charge in [0.15, 0.2) is 0 Å². The summed E-state index contributed by atoms with van der Waals surface area (Å²) in [5.41, 5.74) is 20.5. The minimum Gasteiger partial charge on any atom is -0.341 e. The molecule has 0 spiro atoms. The van der Waals surface area contributed by atoms with Crippen molar-refractivity contribution >= 4 is 102 Å². The van der Waals surface area contributed by atoms with Crippen LogP contribution in [0.15, 0.2) is 224 Å². The molecule has 3 nitrogen and oxygen atoms in total. The maximum Gasteiger partial charge on any atom is 0.0534 e. The highest BCUT2D eigenvalue weighted by Crippen LogP contribution is 2.36. The van der Waals surface area contributed by atoms with E-state index < -0.39 is 0 Å². The largest absolute Gasteiger partial charge is 0.341 e. The summed E-state index contributed by atoms with van der Waals surface area (Å²) in [6.45, 7) is 6.31. The fourth-order valence-corrected chi connectivity index (χ4v) is 11.2. The van der Waals surface area contributed by atoms with Gasteiger partial charge >= 0.3 is 0 Å². The van der Waals surface area contributed by atoms with Crippen LogP contribution >= 0.6 is 0 Å². The number of aromatic nitrogens is 3. The monoisotopic (exact) mass is 935 g/mol. The molecule has 0 radical (unpaired) electrons. The molecule has 13 rings (SSSR count). The van der Waals surface area contributed by atoms with Crippen molar-refractivity contribution in [1.29, 1.82) is 0 Å². The van der Waals surface area contributed by atoms with E-state index in [1.165, 1.54) is 110 Å². The number of rotatable bonds is 11. The Bertz CT molecular complexity index is 4050. The molecule has 3 heterocycles. The van der Waals surface area contributed by atoms with Gasteiger partial charge in [-0.15, -0.1) is 0 Å². The predicted octanol–water partition coefficient (Wildman–Crippen LogP) is 19.0. The second-order valence-corrected chi connectivity index (χ2v) is 19.1. The third-order valence-corrected chi connectivity index (χ3v) is 14.9. The third kappa shape index (κ3) is 8.06. The van der Waals surface area contributed by atoms with Crippen LogP contribution in [0.5, 0.6) is 0 Å². The van der Waals surface area contributed by atoms with E-state index in [0.29, 0.717) is 0 Å². The van der Waals surface area contributed by atoms with E-state index in [1.807, 2.05) is 0 Å². The first-order chi connectivity index (χ1) is 36.1. The van der Waals surface area contributed by atoms with Crippen LogP contribution in [0.2, 0.25) is 0 Å². The molecule has 0 aliphatic rings. The van der Waals surface area contributed by atoms with Crippen LogP contribution in [-0.2, 0) is 13.1 Å². The van der Waals surface area contributed by atoms with Crippen molar-refractivity contribution in [2.24, 2.45) is 0 Å². The zero-order chi connectivity index (χ0) is 48.8. The number of nitrogens with zero attached hydrogens (tertiary/aromatic N) is 3. The predicted molar refractivity (Wildman–Crippen MR) is 316 cm³/mol. The normalized spacial score (nSPS) is 12.2. The highest BCUT2D eigenvalue weighted by Gasteiger charge is 2.13. The molecule has 0 saturated carbocycles. The van der Waals surface area contributed by atoms with Gasteiger partial charge < -0.3 is 13.7 Å². The first-order valence-electron chi connectivity index (χ1n) is 25.6. The molecule has 13 aromatic rings. The quantitative estimate of drug-likeness (QED) is 0.115. The van der Waals surface area contributed by atoms with E-state index in [-0.39, 0.29) is 0 Å². The molecule has 3 heteroatoms. The Kier molecular flexibility index (Phi) is 11.1. The van der Waals surface area contributed by atoms with Gasteiger partial charge in [0.1, 0.15) is 0 Å². The summed E-state index contributed by atoms with van der Waals surface area (Å²) < 4.78 is 7.13. The van der Waals surface area contributed by atoms with Crippen molar-refractivity contribution in [3.05, 3.63) is 252 Å². The summed E-state index contributed by atoms with van der Waals surface area (Å²) in [7, 11) is 0. The molecule has 0 aliphatic carbocycles. The van der Waals surface area contributed by atoms with Crippen molar-refractivity contribution in [3.63, 3.8) is 0 Å². The molecular formula is C70H53N3. The minimum atomic E-state index is 0.933. The first-order valence-corrected chi connectivity index (χ1v) is 25.6. The van der Waals surface area contributed by atoms with Gasteiger partial charge in [0.25, 0.3) is 0 Å². The van der Waals surface area contributed by atoms with Crippen LogP contribution < -0.4 is 0 Å². The lowest BCUT2D eigenvalue weighted by atomic mass is 9.92. The van der Waals surface area contributed by atoms with Crippen LogP contribution in [-0.4, -0.2) is 13.7 Å². The molecule has 0 fully saturated rings. The van der Waals surface area contributed by atoms with Crippen molar-refractivity contribution in [2.45, 2.75) is 26.9 Å². The lowest BCUT2D eigenvalue weighted by Crippen LogP contribution is -1.92. The summed E-state index contributed by atoms with van der Waals surface area (Å²) in [5, 5.41) is 7.76. The third-order valence-electron chi connectivity index (χ3n) is 14.9. The molecule has 10 aromatic carbocycles. The maximum atomic E-state index is 2.42. The Hall–Kier alpha value is -9.18.